The number of benzene rings is 1. The van der Waals surface area contributed by atoms with Gasteiger partial charge in [0.1, 0.15) is 0 Å². The van der Waals surface area contributed by atoms with Crippen LogP contribution in [0.15, 0.2) is 29.3 Å². The number of para-hydroxylation sites is 1. The topological polar surface area (TPSA) is 24.4 Å². The largest absolute Gasteiger partial charge is 0.334 e. The Labute approximate surface area is 86.4 Å². The first-order chi connectivity index (χ1) is 6.36. The SMILES string of the molecule is Clc1ccccc1NC1=NCCS1. The Hall–Kier alpha value is -0.670. The predicted octanol–water partition coefficient (Wildman–Crippen LogP) is 2.85. The second-order valence-corrected chi connectivity index (χ2v) is 4.13. The third kappa shape index (κ3) is 2.17. The van der Waals surface area contributed by atoms with Crippen LogP contribution in [0.2, 0.25) is 5.02 Å². The number of nitrogens with one attached hydrogen (secondary N) is 1. The standard InChI is InChI=1S/C9H9ClN2S/c10-7-3-1-2-4-8(7)12-9-11-5-6-13-9/h1-4H,5-6H2,(H,11,12). The molecule has 1 N–H and O–H groups in total. The molecule has 0 bridgehead atoms. The van der Waals surface area contributed by atoms with E-state index in [1.807, 2.05) is 24.3 Å². The van der Waals surface area contributed by atoms with Crippen molar-refractivity contribution in [2.45, 2.75) is 0 Å². The van der Waals surface area contributed by atoms with Crippen LogP contribution in [0.25, 0.3) is 0 Å². The number of hydrogen-bond acceptors (Lipinski definition) is 3. The molecular weight excluding hydrogens is 204 g/mol. The highest BCUT2D eigenvalue weighted by Crippen LogP contribution is 2.23. The van der Waals surface area contributed by atoms with Gasteiger partial charge in [-0.05, 0) is 12.1 Å². The first kappa shape index (κ1) is 8.91. The predicted molar refractivity (Wildman–Crippen MR) is 59.8 cm³/mol. The molecule has 0 spiro atoms. The van der Waals surface area contributed by atoms with Crippen LogP contribution >= 0.6 is 23.4 Å². The minimum atomic E-state index is 0.734. The molecule has 1 aliphatic rings. The molecule has 4 heteroatoms. The van der Waals surface area contributed by atoms with Crippen molar-refractivity contribution in [3.8, 4) is 0 Å². The average molecular weight is 213 g/mol. The summed E-state index contributed by atoms with van der Waals surface area (Å²) in [7, 11) is 0. The highest BCUT2D eigenvalue weighted by molar-refractivity contribution is 8.14. The summed E-state index contributed by atoms with van der Waals surface area (Å²) in [6.07, 6.45) is 0. The van der Waals surface area contributed by atoms with E-state index in [2.05, 4.69) is 10.3 Å². The zero-order chi connectivity index (χ0) is 9.10. The molecule has 1 aromatic carbocycles. The van der Waals surface area contributed by atoms with Crippen LogP contribution < -0.4 is 5.32 Å². The van der Waals surface area contributed by atoms with Gasteiger partial charge in [0.05, 0.1) is 17.3 Å². The molecule has 1 heterocycles. The second-order valence-electron chi connectivity index (χ2n) is 2.64. The number of hydrogen-bond donors (Lipinski definition) is 1. The number of nitrogens with zero attached hydrogens (tertiary/aromatic N) is 1. The Kier molecular flexibility index (Phi) is 2.76. The first-order valence-corrected chi connectivity index (χ1v) is 5.41. The number of aliphatic imine (C=N–C) groups is 1. The monoisotopic (exact) mass is 212 g/mol. The number of thioether (sulfide) groups is 1. The maximum absolute atomic E-state index is 5.98. The van der Waals surface area contributed by atoms with Crippen molar-refractivity contribution in [3.05, 3.63) is 29.3 Å². The first-order valence-electron chi connectivity index (χ1n) is 4.05. The van der Waals surface area contributed by atoms with Gasteiger partial charge in [0.25, 0.3) is 0 Å². The molecule has 0 amide bonds. The van der Waals surface area contributed by atoms with Crippen molar-refractivity contribution in [2.75, 3.05) is 17.6 Å². The molecule has 0 aliphatic carbocycles. The van der Waals surface area contributed by atoms with Gasteiger partial charge >= 0.3 is 0 Å². The fourth-order valence-electron chi connectivity index (χ4n) is 1.09. The number of anilines is 1. The van der Waals surface area contributed by atoms with Crippen LogP contribution in [0.1, 0.15) is 0 Å². The molecular formula is C9H9ClN2S. The molecule has 13 heavy (non-hydrogen) atoms. The van der Waals surface area contributed by atoms with Gasteiger partial charge in [-0.15, -0.1) is 0 Å². The smallest absolute Gasteiger partial charge is 0.161 e. The fraction of sp³-hybridized carbons (Fsp3) is 0.222. The lowest BCUT2D eigenvalue weighted by molar-refractivity contribution is 1.17. The average Bonchev–Trinajstić information content (AvgIpc) is 2.61. The minimum absolute atomic E-state index is 0.734. The molecule has 1 aliphatic heterocycles. The number of amidine groups is 1. The maximum atomic E-state index is 5.98. The molecule has 2 rings (SSSR count). The molecule has 0 atom stereocenters. The van der Waals surface area contributed by atoms with Crippen molar-refractivity contribution < 1.29 is 0 Å². The number of halogens is 1. The molecule has 0 saturated heterocycles. The zero-order valence-corrected chi connectivity index (χ0v) is 8.53. The molecule has 0 radical (unpaired) electrons. The minimum Gasteiger partial charge on any atom is -0.334 e. The van der Waals surface area contributed by atoms with Gasteiger partial charge in [0, 0.05) is 5.75 Å². The summed E-state index contributed by atoms with van der Waals surface area (Å²) in [6.45, 7) is 0.900. The van der Waals surface area contributed by atoms with Crippen LogP contribution in [0.3, 0.4) is 0 Å². The van der Waals surface area contributed by atoms with Crippen molar-refractivity contribution in [2.24, 2.45) is 4.99 Å². The third-order valence-corrected chi connectivity index (χ3v) is 2.92. The van der Waals surface area contributed by atoms with Crippen molar-refractivity contribution in [3.63, 3.8) is 0 Å². The van der Waals surface area contributed by atoms with E-state index in [4.69, 9.17) is 11.6 Å². The summed E-state index contributed by atoms with van der Waals surface area (Å²) in [5.41, 5.74) is 0.928. The number of rotatable bonds is 1. The summed E-state index contributed by atoms with van der Waals surface area (Å²) in [5.74, 6) is 1.06. The summed E-state index contributed by atoms with van der Waals surface area (Å²) in [5, 5.41) is 4.89. The highest BCUT2D eigenvalue weighted by Gasteiger charge is 2.07. The fourth-order valence-corrected chi connectivity index (χ4v) is 2.01. The van der Waals surface area contributed by atoms with Crippen molar-refractivity contribution in [1.82, 2.24) is 0 Å². The second kappa shape index (κ2) is 4.03. The van der Waals surface area contributed by atoms with E-state index in [0.29, 0.717) is 0 Å². The van der Waals surface area contributed by atoms with Crippen LogP contribution in [0.4, 0.5) is 5.69 Å². The lowest BCUT2D eigenvalue weighted by Crippen LogP contribution is -2.04. The Balaban J connectivity index is 2.13. The molecule has 2 nitrogen and oxygen atoms in total. The van der Waals surface area contributed by atoms with Crippen LogP contribution in [0, 0.1) is 0 Å². The molecule has 0 unspecified atom stereocenters. The van der Waals surface area contributed by atoms with Gasteiger partial charge in [0.2, 0.25) is 0 Å². The summed E-state index contributed by atoms with van der Waals surface area (Å²) < 4.78 is 0. The van der Waals surface area contributed by atoms with E-state index in [9.17, 15) is 0 Å². The lowest BCUT2D eigenvalue weighted by Gasteiger charge is -2.05. The van der Waals surface area contributed by atoms with Gasteiger partial charge in [-0.2, -0.15) is 0 Å². The van der Waals surface area contributed by atoms with E-state index in [-0.39, 0.29) is 0 Å². The Bertz CT molecular complexity index is 338. The maximum Gasteiger partial charge on any atom is 0.161 e. The summed E-state index contributed by atoms with van der Waals surface area (Å²) in [6, 6.07) is 7.68. The Morgan fingerprint density at radius 1 is 1.38 bits per heavy atom. The quantitative estimate of drug-likeness (QED) is 0.774. The summed E-state index contributed by atoms with van der Waals surface area (Å²) in [4.78, 5) is 4.28. The van der Waals surface area contributed by atoms with E-state index in [1.54, 1.807) is 11.8 Å². The van der Waals surface area contributed by atoms with Crippen LogP contribution in [-0.4, -0.2) is 17.5 Å². The van der Waals surface area contributed by atoms with E-state index in [0.717, 1.165) is 28.2 Å². The van der Waals surface area contributed by atoms with Gasteiger partial charge in [-0.3, -0.25) is 4.99 Å². The highest BCUT2D eigenvalue weighted by atomic mass is 35.5. The Morgan fingerprint density at radius 3 is 2.92 bits per heavy atom. The molecule has 0 aromatic heterocycles. The van der Waals surface area contributed by atoms with Crippen molar-refractivity contribution >= 4 is 34.2 Å². The van der Waals surface area contributed by atoms with Crippen LogP contribution in [-0.2, 0) is 0 Å². The van der Waals surface area contributed by atoms with E-state index in [1.165, 1.54) is 0 Å². The Morgan fingerprint density at radius 2 is 2.23 bits per heavy atom. The molecule has 68 valence electrons. The lowest BCUT2D eigenvalue weighted by atomic mass is 10.3. The zero-order valence-electron chi connectivity index (χ0n) is 6.96. The van der Waals surface area contributed by atoms with E-state index >= 15 is 0 Å². The normalized spacial score (nSPS) is 15.6. The van der Waals surface area contributed by atoms with Gasteiger partial charge < -0.3 is 5.32 Å². The molecule has 1 aromatic rings. The van der Waals surface area contributed by atoms with E-state index < -0.39 is 0 Å². The van der Waals surface area contributed by atoms with Gasteiger partial charge in [-0.1, -0.05) is 35.5 Å². The third-order valence-electron chi connectivity index (χ3n) is 1.70. The van der Waals surface area contributed by atoms with Gasteiger partial charge in [-0.25, -0.2) is 0 Å². The molecule has 0 saturated carbocycles. The van der Waals surface area contributed by atoms with Gasteiger partial charge in [0.15, 0.2) is 5.17 Å². The molecule has 0 fully saturated rings. The van der Waals surface area contributed by atoms with Crippen molar-refractivity contribution in [1.29, 1.82) is 0 Å². The van der Waals surface area contributed by atoms with Crippen LogP contribution in [0.5, 0.6) is 0 Å². The summed E-state index contributed by atoms with van der Waals surface area (Å²) >= 11 is 7.70.